The van der Waals surface area contributed by atoms with Gasteiger partial charge in [0.2, 0.25) is 0 Å². The van der Waals surface area contributed by atoms with Crippen molar-refractivity contribution in [1.29, 1.82) is 0 Å². The second-order valence-corrected chi connectivity index (χ2v) is 6.11. The van der Waals surface area contributed by atoms with E-state index in [-0.39, 0.29) is 17.3 Å². The monoisotopic (exact) mass is 296 g/mol. The number of phenols is 1. The maximum Gasteiger partial charge on any atom is 0.339 e. The number of aromatic hydroxyl groups is 1. The van der Waals surface area contributed by atoms with E-state index < -0.39 is 11.7 Å². The second-order valence-electron chi connectivity index (χ2n) is 4.56. The van der Waals surface area contributed by atoms with Crippen LogP contribution >= 0.6 is 11.8 Å². The Hall–Kier alpha value is -1.89. The van der Waals surface area contributed by atoms with E-state index in [4.69, 9.17) is 5.11 Å². The minimum absolute atomic E-state index is 0.112. The number of carbonyl (C=O) groups excluding carboxylic acids is 1. The first kappa shape index (κ1) is 14.5. The number of hydrogen-bond donors (Lipinski definition) is 3. The van der Waals surface area contributed by atoms with Crippen molar-refractivity contribution in [2.75, 3.05) is 24.2 Å². The number of para-hydroxylation sites is 1. The van der Waals surface area contributed by atoms with Gasteiger partial charge in [-0.25, -0.2) is 9.59 Å². The second kappa shape index (κ2) is 6.04. The Morgan fingerprint density at radius 2 is 2.20 bits per heavy atom. The summed E-state index contributed by atoms with van der Waals surface area (Å²) in [6, 6.07) is 3.91. The van der Waals surface area contributed by atoms with E-state index in [9.17, 15) is 14.7 Å². The van der Waals surface area contributed by atoms with Crippen LogP contribution < -0.4 is 5.32 Å². The van der Waals surface area contributed by atoms with Gasteiger partial charge in [0, 0.05) is 24.1 Å². The summed E-state index contributed by atoms with van der Waals surface area (Å²) < 4.78 is 0. The van der Waals surface area contributed by atoms with Crippen molar-refractivity contribution in [2.45, 2.75) is 12.2 Å². The van der Waals surface area contributed by atoms with Crippen molar-refractivity contribution in [3.8, 4) is 5.75 Å². The zero-order chi connectivity index (χ0) is 14.7. The average molecular weight is 296 g/mol. The van der Waals surface area contributed by atoms with Gasteiger partial charge in [-0.15, -0.1) is 0 Å². The highest BCUT2D eigenvalue weighted by Crippen LogP contribution is 2.28. The molecule has 0 aromatic heterocycles. The number of aromatic carboxylic acids is 1. The molecule has 1 heterocycles. The molecule has 2 rings (SSSR count). The first-order chi connectivity index (χ1) is 9.49. The molecule has 1 aromatic carbocycles. The van der Waals surface area contributed by atoms with Crippen LogP contribution in [0.4, 0.5) is 10.5 Å². The van der Waals surface area contributed by atoms with E-state index in [1.807, 2.05) is 6.92 Å². The van der Waals surface area contributed by atoms with E-state index in [0.29, 0.717) is 18.3 Å². The Labute approximate surface area is 120 Å². The number of nitrogens with zero attached hydrogens (tertiary/aromatic N) is 1. The zero-order valence-electron chi connectivity index (χ0n) is 11.0. The minimum Gasteiger partial charge on any atom is -0.505 e. The predicted octanol–water partition coefficient (Wildman–Crippen LogP) is 2.06. The number of thioether (sulfide) groups is 1. The Bertz CT molecular complexity index is 535. The van der Waals surface area contributed by atoms with Gasteiger partial charge in [0.1, 0.15) is 5.56 Å². The zero-order valence-corrected chi connectivity index (χ0v) is 11.8. The molecular weight excluding hydrogens is 280 g/mol. The van der Waals surface area contributed by atoms with Crippen molar-refractivity contribution in [3.05, 3.63) is 23.8 Å². The molecule has 1 saturated heterocycles. The van der Waals surface area contributed by atoms with E-state index in [2.05, 4.69) is 5.32 Å². The lowest BCUT2D eigenvalue weighted by Gasteiger charge is -2.30. The number of nitrogens with one attached hydrogen (secondary N) is 1. The van der Waals surface area contributed by atoms with E-state index in [0.717, 1.165) is 5.75 Å². The fourth-order valence-electron chi connectivity index (χ4n) is 2.01. The Balaban J connectivity index is 2.11. The molecule has 0 aliphatic carbocycles. The molecule has 1 aliphatic rings. The third-order valence-corrected chi connectivity index (χ3v) is 4.17. The van der Waals surface area contributed by atoms with Crippen LogP contribution in [-0.2, 0) is 0 Å². The summed E-state index contributed by atoms with van der Waals surface area (Å²) in [7, 11) is 0. The molecule has 2 amide bonds. The molecule has 6 nitrogen and oxygen atoms in total. The fourth-order valence-corrected chi connectivity index (χ4v) is 3.03. The maximum atomic E-state index is 12.1. The third kappa shape index (κ3) is 3.16. The van der Waals surface area contributed by atoms with Crippen molar-refractivity contribution < 1.29 is 19.8 Å². The quantitative estimate of drug-likeness (QED) is 0.727. The van der Waals surface area contributed by atoms with Gasteiger partial charge in [0.15, 0.2) is 5.75 Å². The molecule has 1 unspecified atom stereocenters. The van der Waals surface area contributed by atoms with Gasteiger partial charge in [-0.2, -0.15) is 11.8 Å². The molecule has 0 radical (unpaired) electrons. The van der Waals surface area contributed by atoms with Gasteiger partial charge in [-0.05, 0) is 12.1 Å². The van der Waals surface area contributed by atoms with Crippen LogP contribution in [0.15, 0.2) is 18.2 Å². The van der Waals surface area contributed by atoms with Crippen LogP contribution in [0, 0.1) is 0 Å². The largest absolute Gasteiger partial charge is 0.505 e. The first-order valence-electron chi connectivity index (χ1n) is 6.22. The summed E-state index contributed by atoms with van der Waals surface area (Å²) in [6.45, 7) is 3.32. The summed E-state index contributed by atoms with van der Waals surface area (Å²) in [5.41, 5.74) is -0.119. The minimum atomic E-state index is -1.23. The molecule has 1 aliphatic heterocycles. The number of carbonyl (C=O) groups is 2. The molecule has 1 atom stereocenters. The average Bonchev–Trinajstić information content (AvgIpc) is 2.40. The molecule has 108 valence electrons. The summed E-state index contributed by atoms with van der Waals surface area (Å²) >= 11 is 1.81. The standard InChI is InChI=1S/C13H16N2O4S/c1-8-7-15(5-6-20-8)13(19)14-10-4-2-3-9(11(10)16)12(17)18/h2-4,8,16H,5-7H2,1H3,(H,14,19)(H,17,18). The van der Waals surface area contributed by atoms with Gasteiger partial charge in [0.25, 0.3) is 0 Å². The molecule has 1 aromatic rings. The highest BCUT2D eigenvalue weighted by atomic mass is 32.2. The SMILES string of the molecule is CC1CN(C(=O)Nc2cccc(C(=O)O)c2O)CCS1. The number of anilines is 1. The van der Waals surface area contributed by atoms with Crippen molar-refractivity contribution in [1.82, 2.24) is 4.90 Å². The van der Waals surface area contributed by atoms with Crippen LogP contribution in [0.25, 0.3) is 0 Å². The van der Waals surface area contributed by atoms with E-state index >= 15 is 0 Å². The Morgan fingerprint density at radius 1 is 1.45 bits per heavy atom. The molecule has 0 saturated carbocycles. The lowest BCUT2D eigenvalue weighted by atomic mass is 10.1. The molecule has 0 bridgehead atoms. The van der Waals surface area contributed by atoms with Crippen molar-refractivity contribution >= 4 is 29.4 Å². The smallest absolute Gasteiger partial charge is 0.339 e. The van der Waals surface area contributed by atoms with E-state index in [1.165, 1.54) is 18.2 Å². The van der Waals surface area contributed by atoms with Gasteiger partial charge in [-0.1, -0.05) is 13.0 Å². The highest BCUT2D eigenvalue weighted by molar-refractivity contribution is 7.99. The van der Waals surface area contributed by atoms with Crippen molar-refractivity contribution in [2.24, 2.45) is 0 Å². The van der Waals surface area contributed by atoms with Crippen LogP contribution in [0.5, 0.6) is 5.75 Å². The lowest BCUT2D eigenvalue weighted by molar-refractivity contribution is 0.0693. The summed E-state index contributed by atoms with van der Waals surface area (Å²) in [5.74, 6) is -0.787. The van der Waals surface area contributed by atoms with Crippen LogP contribution in [0.3, 0.4) is 0 Å². The first-order valence-corrected chi connectivity index (χ1v) is 7.26. The van der Waals surface area contributed by atoms with Gasteiger partial charge in [-0.3, -0.25) is 0 Å². The summed E-state index contributed by atoms with van der Waals surface area (Å²) in [5, 5.41) is 21.7. The Kier molecular flexibility index (Phi) is 4.39. The molecular formula is C13H16N2O4S. The third-order valence-electron chi connectivity index (χ3n) is 3.04. The van der Waals surface area contributed by atoms with Crippen LogP contribution in [-0.4, -0.2) is 51.2 Å². The van der Waals surface area contributed by atoms with Crippen molar-refractivity contribution in [3.63, 3.8) is 0 Å². The molecule has 0 spiro atoms. The number of urea groups is 1. The number of carboxylic acid groups (broad SMARTS) is 1. The number of amides is 2. The van der Waals surface area contributed by atoms with E-state index in [1.54, 1.807) is 16.7 Å². The number of rotatable bonds is 2. The topological polar surface area (TPSA) is 89.9 Å². The molecule has 7 heteroatoms. The van der Waals surface area contributed by atoms with Crippen LogP contribution in [0.2, 0.25) is 0 Å². The number of carboxylic acids is 1. The number of hydrogen-bond acceptors (Lipinski definition) is 4. The highest BCUT2D eigenvalue weighted by Gasteiger charge is 2.22. The molecule has 20 heavy (non-hydrogen) atoms. The fraction of sp³-hybridized carbons (Fsp3) is 0.385. The van der Waals surface area contributed by atoms with Gasteiger partial charge >= 0.3 is 12.0 Å². The molecule has 3 N–H and O–H groups in total. The lowest BCUT2D eigenvalue weighted by Crippen LogP contribution is -2.43. The van der Waals surface area contributed by atoms with Gasteiger partial charge in [0.05, 0.1) is 5.69 Å². The molecule has 1 fully saturated rings. The Morgan fingerprint density at radius 3 is 2.85 bits per heavy atom. The van der Waals surface area contributed by atoms with Gasteiger partial charge < -0.3 is 20.4 Å². The number of benzene rings is 1. The maximum absolute atomic E-state index is 12.1. The summed E-state index contributed by atoms with van der Waals surface area (Å²) in [4.78, 5) is 24.7. The van der Waals surface area contributed by atoms with Crippen LogP contribution in [0.1, 0.15) is 17.3 Å². The summed E-state index contributed by atoms with van der Waals surface area (Å²) in [6.07, 6.45) is 0. The normalized spacial score (nSPS) is 18.6. The predicted molar refractivity (Wildman–Crippen MR) is 77.6 cm³/mol.